The number of fused-ring (bicyclic) bond motifs is 10. The summed E-state index contributed by atoms with van der Waals surface area (Å²) >= 11 is 0. The number of hydrogen-bond donors (Lipinski definition) is 0. The van der Waals surface area contributed by atoms with Gasteiger partial charge in [0.2, 0.25) is 0 Å². The van der Waals surface area contributed by atoms with Gasteiger partial charge in [-0.2, -0.15) is 5.26 Å². The molecular formula is C43H26N4. The summed E-state index contributed by atoms with van der Waals surface area (Å²) < 4.78 is 7.10. The van der Waals surface area contributed by atoms with E-state index in [1.807, 2.05) is 18.2 Å². The van der Waals surface area contributed by atoms with Crippen LogP contribution >= 0.6 is 0 Å². The van der Waals surface area contributed by atoms with E-state index in [1.165, 1.54) is 32.6 Å². The van der Waals surface area contributed by atoms with Crippen molar-refractivity contribution in [3.8, 4) is 23.1 Å². The van der Waals surface area contributed by atoms with E-state index in [-0.39, 0.29) is 0 Å². The molecule has 4 heteroatoms. The van der Waals surface area contributed by atoms with Crippen LogP contribution in [-0.4, -0.2) is 13.7 Å². The Morgan fingerprint density at radius 1 is 0.362 bits per heavy atom. The molecule has 3 aromatic heterocycles. The van der Waals surface area contributed by atoms with Gasteiger partial charge in [0.15, 0.2) is 0 Å². The van der Waals surface area contributed by atoms with E-state index >= 15 is 0 Å². The molecule has 0 amide bonds. The Kier molecular flexibility index (Phi) is 5.32. The lowest BCUT2D eigenvalue weighted by Crippen LogP contribution is -1.97. The molecule has 0 spiro atoms. The quantitative estimate of drug-likeness (QED) is 0.199. The number of aromatic nitrogens is 3. The van der Waals surface area contributed by atoms with Gasteiger partial charge in [0.05, 0.1) is 44.7 Å². The van der Waals surface area contributed by atoms with Crippen LogP contribution in [0.3, 0.4) is 0 Å². The Hall–Kier alpha value is -6.57. The third kappa shape index (κ3) is 3.51. The molecule has 7 aromatic carbocycles. The Labute approximate surface area is 270 Å². The van der Waals surface area contributed by atoms with Gasteiger partial charge in [-0.05, 0) is 66.7 Å². The first-order valence-corrected chi connectivity index (χ1v) is 15.9. The fourth-order valence-corrected chi connectivity index (χ4v) is 7.78. The zero-order valence-electron chi connectivity index (χ0n) is 25.3. The molecule has 0 bridgehead atoms. The maximum Gasteiger partial charge on any atom is 0.0998 e. The van der Waals surface area contributed by atoms with Gasteiger partial charge in [0.1, 0.15) is 0 Å². The highest BCUT2D eigenvalue weighted by Gasteiger charge is 2.22. The normalized spacial score (nSPS) is 11.8. The summed E-state index contributed by atoms with van der Waals surface area (Å²) in [5.74, 6) is 0. The first kappa shape index (κ1) is 25.7. The van der Waals surface area contributed by atoms with Gasteiger partial charge in [0.25, 0.3) is 0 Å². The average Bonchev–Trinajstić information content (AvgIpc) is 3.77. The predicted molar refractivity (Wildman–Crippen MR) is 194 cm³/mol. The molecule has 218 valence electrons. The van der Waals surface area contributed by atoms with Gasteiger partial charge in [-0.1, -0.05) is 91.0 Å². The molecule has 0 aliphatic heterocycles. The Balaban J connectivity index is 1.36. The van der Waals surface area contributed by atoms with Crippen molar-refractivity contribution in [1.82, 2.24) is 13.7 Å². The minimum absolute atomic E-state index is 0.683. The van der Waals surface area contributed by atoms with Gasteiger partial charge in [-0.3, -0.25) is 0 Å². The fraction of sp³-hybridized carbons (Fsp3) is 0. The fourth-order valence-electron chi connectivity index (χ4n) is 7.78. The second-order valence-electron chi connectivity index (χ2n) is 12.1. The van der Waals surface area contributed by atoms with Crippen LogP contribution in [0, 0.1) is 11.3 Å². The van der Waals surface area contributed by atoms with Gasteiger partial charge in [0, 0.05) is 49.4 Å². The molecule has 4 nitrogen and oxygen atoms in total. The highest BCUT2D eigenvalue weighted by atomic mass is 15.0. The van der Waals surface area contributed by atoms with Crippen molar-refractivity contribution in [3.05, 3.63) is 163 Å². The van der Waals surface area contributed by atoms with Crippen molar-refractivity contribution in [2.24, 2.45) is 0 Å². The number of nitriles is 1. The van der Waals surface area contributed by atoms with Crippen molar-refractivity contribution < 1.29 is 0 Å². The number of hydrogen-bond acceptors (Lipinski definition) is 1. The van der Waals surface area contributed by atoms with Crippen LogP contribution in [0.2, 0.25) is 0 Å². The first-order valence-electron chi connectivity index (χ1n) is 15.9. The molecule has 0 unspecified atom stereocenters. The number of para-hydroxylation sites is 4. The van der Waals surface area contributed by atoms with E-state index in [1.54, 1.807) is 0 Å². The largest absolute Gasteiger partial charge is 0.309 e. The molecule has 10 aromatic rings. The maximum absolute atomic E-state index is 10.1. The molecule has 0 N–H and O–H groups in total. The molecule has 0 radical (unpaired) electrons. The van der Waals surface area contributed by atoms with Gasteiger partial charge >= 0.3 is 0 Å². The van der Waals surface area contributed by atoms with Crippen molar-refractivity contribution in [1.29, 1.82) is 5.26 Å². The molecule has 0 atom stereocenters. The Bertz CT molecular complexity index is 2900. The van der Waals surface area contributed by atoms with E-state index in [9.17, 15) is 5.26 Å². The Morgan fingerprint density at radius 3 is 1.66 bits per heavy atom. The molecule has 3 heterocycles. The molecule has 0 saturated heterocycles. The molecule has 47 heavy (non-hydrogen) atoms. The average molecular weight is 599 g/mol. The number of rotatable bonds is 3. The summed E-state index contributed by atoms with van der Waals surface area (Å²) in [4.78, 5) is 0. The van der Waals surface area contributed by atoms with Crippen LogP contribution in [0.5, 0.6) is 0 Å². The van der Waals surface area contributed by atoms with Gasteiger partial charge < -0.3 is 13.7 Å². The minimum atomic E-state index is 0.683. The van der Waals surface area contributed by atoms with E-state index < -0.39 is 0 Å². The molecule has 10 rings (SSSR count). The molecule has 0 fully saturated rings. The van der Waals surface area contributed by atoms with Crippen molar-refractivity contribution in [2.45, 2.75) is 0 Å². The van der Waals surface area contributed by atoms with Crippen LogP contribution < -0.4 is 0 Å². The van der Waals surface area contributed by atoms with Crippen LogP contribution in [0.25, 0.3) is 82.5 Å². The van der Waals surface area contributed by atoms with Crippen molar-refractivity contribution in [3.63, 3.8) is 0 Å². The lowest BCUT2D eigenvalue weighted by molar-refractivity contribution is 1.15. The van der Waals surface area contributed by atoms with Crippen LogP contribution in [0.15, 0.2) is 158 Å². The summed E-state index contributed by atoms with van der Waals surface area (Å²) in [6.07, 6.45) is 0. The number of nitrogens with zero attached hydrogens (tertiary/aromatic N) is 4. The lowest BCUT2D eigenvalue weighted by atomic mass is 10.1. The zero-order valence-corrected chi connectivity index (χ0v) is 25.3. The van der Waals surface area contributed by atoms with E-state index in [0.29, 0.717) is 5.56 Å². The standard InChI is InChI=1S/C43H26N4/c44-27-28-12-11-21-38-41(28)35-23-22-31(26-40(35)45(38)29-13-3-1-4-14-29)46-37-20-10-8-18-34(37)42-39(46)25-24-33-32-17-7-9-19-36(32)47(43(33)42)30-15-5-2-6-16-30/h1-26H. The third-order valence-electron chi connectivity index (χ3n) is 9.65. The van der Waals surface area contributed by atoms with Gasteiger partial charge in [-0.25, -0.2) is 0 Å². The second kappa shape index (κ2) is 9.71. The molecular weight excluding hydrogens is 573 g/mol. The summed E-state index contributed by atoms with van der Waals surface area (Å²) in [6, 6.07) is 58.2. The van der Waals surface area contributed by atoms with Crippen molar-refractivity contribution in [2.75, 3.05) is 0 Å². The van der Waals surface area contributed by atoms with Crippen LogP contribution in [0.1, 0.15) is 5.56 Å². The molecule has 0 aliphatic rings. The minimum Gasteiger partial charge on any atom is -0.309 e. The zero-order chi connectivity index (χ0) is 31.1. The van der Waals surface area contributed by atoms with E-state index in [2.05, 4.69) is 159 Å². The second-order valence-corrected chi connectivity index (χ2v) is 12.1. The first-order chi connectivity index (χ1) is 23.3. The van der Waals surface area contributed by atoms with Crippen molar-refractivity contribution >= 4 is 65.4 Å². The SMILES string of the molecule is N#Cc1cccc2c1c1ccc(-n3c4ccccc4c4c3ccc3c5ccccc5n(-c5ccccc5)c34)cc1n2-c1ccccc1. The summed E-state index contributed by atoms with van der Waals surface area (Å²) in [6.45, 7) is 0. The van der Waals surface area contributed by atoms with E-state index in [4.69, 9.17) is 0 Å². The third-order valence-corrected chi connectivity index (χ3v) is 9.65. The molecule has 0 aliphatic carbocycles. The highest BCUT2D eigenvalue weighted by molar-refractivity contribution is 6.26. The van der Waals surface area contributed by atoms with E-state index in [0.717, 1.165) is 49.9 Å². The summed E-state index contributed by atoms with van der Waals surface area (Å²) in [5, 5.41) is 17.1. The topological polar surface area (TPSA) is 38.6 Å². The summed E-state index contributed by atoms with van der Waals surface area (Å²) in [5.41, 5.74) is 10.8. The van der Waals surface area contributed by atoms with Crippen LogP contribution in [-0.2, 0) is 0 Å². The Morgan fingerprint density at radius 2 is 0.915 bits per heavy atom. The van der Waals surface area contributed by atoms with Gasteiger partial charge in [-0.15, -0.1) is 0 Å². The summed E-state index contributed by atoms with van der Waals surface area (Å²) in [7, 11) is 0. The highest BCUT2D eigenvalue weighted by Crippen LogP contribution is 2.43. The molecule has 0 saturated carbocycles. The predicted octanol–water partition coefficient (Wildman–Crippen LogP) is 10.8. The lowest BCUT2D eigenvalue weighted by Gasteiger charge is -2.11. The smallest absolute Gasteiger partial charge is 0.0998 e. The number of benzene rings is 7. The monoisotopic (exact) mass is 598 g/mol. The maximum atomic E-state index is 10.1. The van der Waals surface area contributed by atoms with Crippen LogP contribution in [0.4, 0.5) is 0 Å².